The molecule has 2 atom stereocenters. The molecule has 0 fully saturated rings. The molecule has 0 spiro atoms. The van der Waals surface area contributed by atoms with Gasteiger partial charge in [-0.1, -0.05) is 6.42 Å². The molecule has 94 valence electrons. The first-order valence-electron chi connectivity index (χ1n) is 6.31. The Bertz CT molecular complexity index is 375. The van der Waals surface area contributed by atoms with Crippen LogP contribution in [-0.4, -0.2) is 0 Å². The monoisotopic (exact) mass is 242 g/mol. The molecule has 2 unspecified atom stereocenters. The lowest BCUT2D eigenvalue weighted by Gasteiger charge is -2.10. The third-order valence-electron chi connectivity index (χ3n) is 2.92. The van der Waals surface area contributed by atoms with Gasteiger partial charge in [-0.05, 0) is 32.1 Å². The number of nitrogens with zero attached hydrogens (tertiary/aromatic N) is 4. The van der Waals surface area contributed by atoms with Crippen LogP contribution in [0.25, 0.3) is 0 Å². The fourth-order valence-electron chi connectivity index (χ4n) is 1.78. The van der Waals surface area contributed by atoms with Crippen molar-refractivity contribution in [1.29, 1.82) is 21.0 Å². The van der Waals surface area contributed by atoms with Gasteiger partial charge in [0.25, 0.3) is 0 Å². The summed E-state index contributed by atoms with van der Waals surface area (Å²) in [6.07, 6.45) is 5.47. The number of unbranched alkanes of at least 4 members (excludes halogenated alkanes) is 2. The molecule has 0 aromatic heterocycles. The highest BCUT2D eigenvalue weighted by Gasteiger charge is 2.12. The molecule has 4 nitrogen and oxygen atoms in total. The van der Waals surface area contributed by atoms with Gasteiger partial charge in [0.05, 0.1) is 24.3 Å². The highest BCUT2D eigenvalue weighted by atomic mass is 14.3. The first-order valence-corrected chi connectivity index (χ1v) is 6.31. The second-order valence-corrected chi connectivity index (χ2v) is 4.33. The maximum absolute atomic E-state index is 8.99. The quantitative estimate of drug-likeness (QED) is 0.578. The third-order valence-corrected chi connectivity index (χ3v) is 2.92. The average molecular weight is 242 g/mol. The lowest BCUT2D eigenvalue weighted by atomic mass is 9.91. The van der Waals surface area contributed by atoms with Crippen molar-refractivity contribution in [2.45, 2.75) is 51.4 Å². The van der Waals surface area contributed by atoms with Crippen molar-refractivity contribution in [2.75, 3.05) is 0 Å². The van der Waals surface area contributed by atoms with Gasteiger partial charge in [-0.2, -0.15) is 21.0 Å². The molecule has 4 heteroatoms. The zero-order valence-electron chi connectivity index (χ0n) is 10.6. The Hall–Kier alpha value is -2.04. The summed E-state index contributed by atoms with van der Waals surface area (Å²) in [5, 5.41) is 34.8. The Kier molecular flexibility index (Phi) is 10.1. The molecule has 0 aliphatic carbocycles. The summed E-state index contributed by atoms with van der Waals surface area (Å²) in [5.74, 6) is -0.138. The van der Waals surface area contributed by atoms with E-state index in [9.17, 15) is 0 Å². The number of hydrogen-bond donors (Lipinski definition) is 0. The molecule has 0 bridgehead atoms. The van der Waals surface area contributed by atoms with Gasteiger partial charge in [-0.3, -0.25) is 0 Å². The molecule has 0 saturated heterocycles. The van der Waals surface area contributed by atoms with Crippen molar-refractivity contribution in [3.05, 3.63) is 0 Å². The molecule has 0 aromatic carbocycles. The minimum Gasteiger partial charge on any atom is -0.198 e. The topological polar surface area (TPSA) is 95.2 Å². The van der Waals surface area contributed by atoms with Crippen molar-refractivity contribution in [2.24, 2.45) is 11.8 Å². The molecule has 0 saturated carbocycles. The standard InChI is InChI=1S/C14H18N4/c15-9-3-1-2-5-13(11-17)7-8-14(12-18)6-4-10-16/h13-14H,1-8H2. The van der Waals surface area contributed by atoms with Crippen LogP contribution in [0.1, 0.15) is 51.4 Å². The molecule has 0 radical (unpaired) electrons. The van der Waals surface area contributed by atoms with Crippen molar-refractivity contribution < 1.29 is 0 Å². The molecule has 0 aliphatic rings. The first kappa shape index (κ1) is 16.0. The third kappa shape index (κ3) is 8.15. The smallest absolute Gasteiger partial charge is 0.0656 e. The predicted octanol–water partition coefficient (Wildman–Crippen LogP) is 3.43. The lowest BCUT2D eigenvalue weighted by Crippen LogP contribution is -2.03. The average Bonchev–Trinajstić information content (AvgIpc) is 2.41. The van der Waals surface area contributed by atoms with E-state index in [2.05, 4.69) is 18.2 Å². The summed E-state index contributed by atoms with van der Waals surface area (Å²) >= 11 is 0. The minimum absolute atomic E-state index is 0.0263. The van der Waals surface area contributed by atoms with Crippen LogP contribution in [0, 0.1) is 57.2 Å². The van der Waals surface area contributed by atoms with E-state index in [1.54, 1.807) is 0 Å². The fraction of sp³-hybridized carbons (Fsp3) is 0.714. The molecular weight excluding hydrogens is 224 g/mol. The van der Waals surface area contributed by atoms with Crippen LogP contribution in [0.3, 0.4) is 0 Å². The number of nitriles is 4. The van der Waals surface area contributed by atoms with Crippen molar-refractivity contribution in [1.82, 2.24) is 0 Å². The molecule has 0 aliphatic heterocycles. The summed E-state index contributed by atoms with van der Waals surface area (Å²) in [6.45, 7) is 0. The van der Waals surface area contributed by atoms with Gasteiger partial charge in [0.1, 0.15) is 0 Å². The van der Waals surface area contributed by atoms with Gasteiger partial charge in [-0.15, -0.1) is 0 Å². The van der Waals surface area contributed by atoms with Crippen LogP contribution in [-0.2, 0) is 0 Å². The van der Waals surface area contributed by atoms with Gasteiger partial charge in [0.15, 0.2) is 0 Å². The van der Waals surface area contributed by atoms with Crippen molar-refractivity contribution in [3.8, 4) is 24.3 Å². The van der Waals surface area contributed by atoms with E-state index in [1.807, 2.05) is 6.07 Å². The molecule has 0 aromatic rings. The van der Waals surface area contributed by atoms with Gasteiger partial charge in [0.2, 0.25) is 0 Å². The van der Waals surface area contributed by atoms with Gasteiger partial charge >= 0.3 is 0 Å². The maximum atomic E-state index is 8.99. The molecule has 18 heavy (non-hydrogen) atoms. The number of rotatable bonds is 9. The van der Waals surface area contributed by atoms with E-state index >= 15 is 0 Å². The van der Waals surface area contributed by atoms with E-state index in [1.165, 1.54) is 0 Å². The largest absolute Gasteiger partial charge is 0.198 e. The van der Waals surface area contributed by atoms with Gasteiger partial charge in [0, 0.05) is 24.7 Å². The summed E-state index contributed by atoms with van der Waals surface area (Å²) in [7, 11) is 0. The zero-order valence-corrected chi connectivity index (χ0v) is 10.6. The summed E-state index contributed by atoms with van der Waals surface area (Å²) in [6, 6.07) is 8.57. The predicted molar refractivity (Wildman–Crippen MR) is 66.4 cm³/mol. The summed E-state index contributed by atoms with van der Waals surface area (Å²) in [4.78, 5) is 0. The summed E-state index contributed by atoms with van der Waals surface area (Å²) in [5.41, 5.74) is 0. The van der Waals surface area contributed by atoms with Crippen LogP contribution in [0.5, 0.6) is 0 Å². The Morgan fingerprint density at radius 1 is 0.611 bits per heavy atom. The van der Waals surface area contributed by atoms with Crippen LogP contribution in [0.4, 0.5) is 0 Å². The van der Waals surface area contributed by atoms with Gasteiger partial charge < -0.3 is 0 Å². The SMILES string of the molecule is N#CCCCCC(C#N)CCC(C#N)CCC#N. The lowest BCUT2D eigenvalue weighted by molar-refractivity contribution is 0.451. The van der Waals surface area contributed by atoms with Gasteiger partial charge in [-0.25, -0.2) is 0 Å². The summed E-state index contributed by atoms with van der Waals surface area (Å²) < 4.78 is 0. The Balaban J connectivity index is 3.86. The van der Waals surface area contributed by atoms with E-state index in [-0.39, 0.29) is 11.8 Å². The van der Waals surface area contributed by atoms with E-state index < -0.39 is 0 Å². The Morgan fingerprint density at radius 3 is 1.67 bits per heavy atom. The van der Waals surface area contributed by atoms with Crippen LogP contribution < -0.4 is 0 Å². The highest BCUT2D eigenvalue weighted by Crippen LogP contribution is 2.20. The van der Waals surface area contributed by atoms with Crippen molar-refractivity contribution >= 4 is 0 Å². The molecule has 0 N–H and O–H groups in total. The molecular formula is C14H18N4. The van der Waals surface area contributed by atoms with Crippen LogP contribution >= 0.6 is 0 Å². The first-order chi connectivity index (χ1) is 8.78. The molecule has 0 amide bonds. The van der Waals surface area contributed by atoms with Crippen molar-refractivity contribution in [3.63, 3.8) is 0 Å². The Morgan fingerprint density at radius 2 is 1.17 bits per heavy atom. The van der Waals surface area contributed by atoms with Crippen LogP contribution in [0.15, 0.2) is 0 Å². The molecule has 0 rings (SSSR count). The minimum atomic E-state index is -0.111. The normalized spacial score (nSPS) is 12.4. The second kappa shape index (κ2) is 11.4. The van der Waals surface area contributed by atoms with E-state index in [0.29, 0.717) is 32.1 Å². The molecule has 0 heterocycles. The fourth-order valence-corrected chi connectivity index (χ4v) is 1.78. The Labute approximate surface area is 109 Å². The maximum Gasteiger partial charge on any atom is 0.0656 e. The second-order valence-electron chi connectivity index (χ2n) is 4.33. The highest BCUT2D eigenvalue weighted by molar-refractivity contribution is 4.89. The van der Waals surface area contributed by atoms with E-state index in [4.69, 9.17) is 21.0 Å². The van der Waals surface area contributed by atoms with E-state index in [0.717, 1.165) is 19.3 Å². The number of hydrogen-bond acceptors (Lipinski definition) is 4. The zero-order chi connectivity index (χ0) is 13.6. The van der Waals surface area contributed by atoms with Crippen LogP contribution in [0.2, 0.25) is 0 Å².